The van der Waals surface area contributed by atoms with E-state index in [0.717, 1.165) is 10.5 Å². The monoisotopic (exact) mass is 946 g/mol. The fraction of sp³-hybridized carbons (Fsp3) is 0.256. The summed E-state index contributed by atoms with van der Waals surface area (Å²) in [7, 11) is 4.29. The molecule has 4 aromatic rings. The summed E-state index contributed by atoms with van der Waals surface area (Å²) in [5.74, 6) is -21.2. The molecule has 4 aromatic carbocycles. The molecule has 10 nitrogen and oxygen atoms in total. The Morgan fingerprint density at radius 2 is 1.39 bits per heavy atom. The molecule has 6 atom stereocenters. The van der Waals surface area contributed by atoms with Gasteiger partial charge in [0.05, 0.1) is 43.3 Å². The number of anilines is 2. The van der Waals surface area contributed by atoms with Crippen LogP contribution in [0.15, 0.2) is 70.7 Å². The highest BCUT2D eigenvalue weighted by atomic mass is 79.9. The van der Waals surface area contributed by atoms with Crippen molar-refractivity contribution in [3.8, 4) is 23.0 Å². The highest BCUT2D eigenvalue weighted by Crippen LogP contribution is 2.66. The normalized spacial score (nSPS) is 25.8. The minimum Gasteiger partial charge on any atom is -0.503 e. The van der Waals surface area contributed by atoms with Gasteiger partial charge >= 0.3 is 0 Å². The molecule has 6 unspecified atom stereocenters. The van der Waals surface area contributed by atoms with Crippen molar-refractivity contribution in [3.05, 3.63) is 116 Å². The number of hydrogen-bond donors (Lipinski definition) is 1. The maximum absolute atomic E-state index is 15.4. The third-order valence-electron chi connectivity index (χ3n) is 11.9. The van der Waals surface area contributed by atoms with Crippen LogP contribution in [0.5, 0.6) is 23.0 Å². The molecule has 61 heavy (non-hydrogen) atoms. The minimum atomic E-state index is -2.76. The zero-order valence-corrected chi connectivity index (χ0v) is 35.0. The summed E-state index contributed by atoms with van der Waals surface area (Å²) in [4.78, 5) is 53.1. The van der Waals surface area contributed by atoms with Crippen molar-refractivity contribution in [3.63, 3.8) is 0 Å². The lowest BCUT2D eigenvalue weighted by molar-refractivity contribution is -0.125. The van der Waals surface area contributed by atoms with Gasteiger partial charge in [-0.25, -0.2) is 26.9 Å². The number of alkyl halides is 2. The second kappa shape index (κ2) is 15.2. The Bertz CT molecular complexity index is 2640. The lowest BCUT2D eigenvalue weighted by Crippen LogP contribution is -2.60. The molecule has 2 aliphatic heterocycles. The van der Waals surface area contributed by atoms with E-state index in [1.807, 2.05) is 0 Å². The highest BCUT2D eigenvalue weighted by Gasteiger charge is 2.77. The summed E-state index contributed by atoms with van der Waals surface area (Å²) in [5.41, 5.74) is 0.0220. The van der Waals surface area contributed by atoms with Crippen molar-refractivity contribution in [1.29, 1.82) is 0 Å². The third-order valence-corrected chi connectivity index (χ3v) is 13.9. The SMILES string of the molecule is COc1ccc(OC)c(C=Cc2ccc(N3C(=O)C4CC=C5C(CC6(Cl)C(=O)N(c7c(F)c(F)c(F)c(F)c7F)C(=O)C6(Cl)C5c5cc(Br)c(O)c(OC)c5)C4C3=O)cc2)c1. The number of hydrogen-bond acceptors (Lipinski definition) is 8. The summed E-state index contributed by atoms with van der Waals surface area (Å²) >= 11 is 17.7. The second-order valence-electron chi connectivity index (χ2n) is 14.8. The summed E-state index contributed by atoms with van der Waals surface area (Å²) in [6.07, 6.45) is 4.40. The zero-order chi connectivity index (χ0) is 44.0. The van der Waals surface area contributed by atoms with Crippen LogP contribution in [0, 0.1) is 46.8 Å². The van der Waals surface area contributed by atoms with Gasteiger partial charge in [-0.3, -0.25) is 24.1 Å². The number of imide groups is 2. The molecule has 2 heterocycles. The molecule has 0 bridgehead atoms. The Labute approximate surface area is 362 Å². The van der Waals surface area contributed by atoms with Crippen molar-refractivity contribution in [2.45, 2.75) is 28.5 Å². The maximum Gasteiger partial charge on any atom is 0.258 e. The lowest BCUT2D eigenvalue weighted by atomic mass is 9.56. The number of allylic oxidation sites excluding steroid dienone is 2. The molecule has 4 aliphatic rings. The summed E-state index contributed by atoms with van der Waals surface area (Å²) < 4.78 is 90.3. The zero-order valence-electron chi connectivity index (χ0n) is 31.9. The average Bonchev–Trinajstić information content (AvgIpc) is 3.59. The van der Waals surface area contributed by atoms with Gasteiger partial charge in [0.2, 0.25) is 17.6 Å². The van der Waals surface area contributed by atoms with E-state index in [9.17, 15) is 37.5 Å². The van der Waals surface area contributed by atoms with Crippen LogP contribution in [0.25, 0.3) is 12.2 Å². The number of methoxy groups -OCH3 is 3. The Morgan fingerprint density at radius 3 is 2.02 bits per heavy atom. The van der Waals surface area contributed by atoms with Crippen molar-refractivity contribution in [2.24, 2.45) is 17.8 Å². The van der Waals surface area contributed by atoms with E-state index < -0.39 is 98.2 Å². The lowest BCUT2D eigenvalue weighted by Gasteiger charge is -2.50. The average molecular weight is 949 g/mol. The molecule has 1 N–H and O–H groups in total. The summed E-state index contributed by atoms with van der Waals surface area (Å²) in [5, 5.41) is 10.7. The number of carbonyl (C=O) groups is 4. The van der Waals surface area contributed by atoms with Crippen LogP contribution in [0.1, 0.15) is 35.4 Å². The standard InChI is InChI=1S/C43H30BrCl2F5N2O8/c1-59-22-10-13-27(60-2)19(14-22)7-4-18-5-8-21(9-6-18)52-38(55)24-12-11-23-25(29(24)39(52)56)17-42(45)40(57)53(36-34(50)32(48)31(47)33(49)35(36)51)41(58)43(42,46)30(23)20-15-26(44)37(54)28(16-20)61-3/h4-11,13-16,24-25,29-30,54H,12,17H2,1-3H3. The van der Waals surface area contributed by atoms with E-state index in [1.165, 1.54) is 33.5 Å². The van der Waals surface area contributed by atoms with Gasteiger partial charge in [0, 0.05) is 11.5 Å². The van der Waals surface area contributed by atoms with Crippen LogP contribution in [0.2, 0.25) is 0 Å². The van der Waals surface area contributed by atoms with Gasteiger partial charge in [-0.1, -0.05) is 35.9 Å². The molecule has 2 aliphatic carbocycles. The molecular weight excluding hydrogens is 918 g/mol. The first-order valence-corrected chi connectivity index (χ1v) is 19.9. The van der Waals surface area contributed by atoms with Crippen LogP contribution in [-0.4, -0.2) is 59.8 Å². The molecule has 316 valence electrons. The number of halogens is 8. The van der Waals surface area contributed by atoms with Gasteiger partial charge in [0.25, 0.3) is 11.8 Å². The van der Waals surface area contributed by atoms with Gasteiger partial charge in [-0.15, -0.1) is 23.2 Å². The first kappa shape index (κ1) is 42.2. The number of aromatic hydroxyl groups is 1. The van der Waals surface area contributed by atoms with Crippen LogP contribution < -0.4 is 24.0 Å². The summed E-state index contributed by atoms with van der Waals surface area (Å²) in [6, 6.07) is 14.4. The van der Waals surface area contributed by atoms with Crippen LogP contribution in [0.4, 0.5) is 33.3 Å². The minimum absolute atomic E-state index is 0.00584. The smallest absolute Gasteiger partial charge is 0.258 e. The number of ether oxygens (including phenoxy) is 3. The van der Waals surface area contributed by atoms with Gasteiger partial charge in [0.15, 0.2) is 44.5 Å². The van der Waals surface area contributed by atoms with E-state index in [2.05, 4.69) is 15.9 Å². The molecule has 0 radical (unpaired) electrons. The van der Waals surface area contributed by atoms with Gasteiger partial charge in [-0.05, 0) is 88.3 Å². The largest absolute Gasteiger partial charge is 0.503 e. The fourth-order valence-corrected chi connectivity index (χ4v) is 10.4. The number of fused-ring (bicyclic) bond motifs is 4. The molecule has 0 spiro atoms. The quantitative estimate of drug-likeness (QED) is 0.0354. The molecule has 8 rings (SSSR count). The number of amides is 4. The molecule has 2 saturated heterocycles. The molecular formula is C43H30BrCl2F5N2O8. The second-order valence-corrected chi connectivity index (χ2v) is 16.9. The Kier molecular flexibility index (Phi) is 10.5. The predicted octanol–water partition coefficient (Wildman–Crippen LogP) is 8.81. The molecule has 1 saturated carbocycles. The first-order chi connectivity index (χ1) is 28.9. The number of rotatable bonds is 8. The van der Waals surface area contributed by atoms with Crippen molar-refractivity contribution in [2.75, 3.05) is 31.1 Å². The highest BCUT2D eigenvalue weighted by molar-refractivity contribution is 9.10. The van der Waals surface area contributed by atoms with Gasteiger partial charge < -0.3 is 19.3 Å². The number of carbonyl (C=O) groups excluding carboxylic acids is 4. The maximum atomic E-state index is 15.4. The molecule has 3 fully saturated rings. The Hall–Kier alpha value is -5.45. The Balaban J connectivity index is 1.21. The van der Waals surface area contributed by atoms with E-state index in [-0.39, 0.29) is 44.1 Å². The van der Waals surface area contributed by atoms with Crippen LogP contribution in [-0.2, 0) is 19.2 Å². The van der Waals surface area contributed by atoms with E-state index in [0.29, 0.717) is 17.1 Å². The van der Waals surface area contributed by atoms with E-state index in [4.69, 9.17) is 37.4 Å². The third kappa shape index (κ3) is 6.07. The first-order valence-electron chi connectivity index (χ1n) is 18.4. The topological polar surface area (TPSA) is 123 Å². The van der Waals surface area contributed by atoms with Crippen LogP contribution in [0.3, 0.4) is 0 Å². The van der Waals surface area contributed by atoms with Gasteiger partial charge in [0.1, 0.15) is 17.2 Å². The van der Waals surface area contributed by atoms with Crippen molar-refractivity contribution in [1.82, 2.24) is 0 Å². The van der Waals surface area contributed by atoms with Crippen LogP contribution >= 0.6 is 39.1 Å². The predicted molar refractivity (Wildman–Crippen MR) is 216 cm³/mol. The van der Waals surface area contributed by atoms with Crippen molar-refractivity contribution < 1.29 is 60.4 Å². The number of nitrogens with zero attached hydrogens (tertiary/aromatic N) is 2. The van der Waals surface area contributed by atoms with Gasteiger partial charge in [-0.2, -0.15) is 0 Å². The number of phenolic OH excluding ortho intramolecular Hbond substituents is 1. The van der Waals surface area contributed by atoms with Crippen molar-refractivity contribution >= 4 is 86.3 Å². The molecule has 0 aromatic heterocycles. The molecule has 4 amide bonds. The fourth-order valence-electron chi connectivity index (χ4n) is 9.00. The summed E-state index contributed by atoms with van der Waals surface area (Å²) in [6.45, 7) is 0. The molecule has 18 heteroatoms. The van der Waals surface area contributed by atoms with E-state index in [1.54, 1.807) is 60.7 Å². The Morgan fingerprint density at radius 1 is 0.754 bits per heavy atom. The number of benzene rings is 4. The number of phenols is 1. The van der Waals surface area contributed by atoms with E-state index >= 15 is 8.78 Å².